The summed E-state index contributed by atoms with van der Waals surface area (Å²) < 4.78 is 14.4. The van der Waals surface area contributed by atoms with E-state index in [1.807, 2.05) is 20.8 Å². The molecule has 0 aromatic heterocycles. The molecular formula is C9H17NOS. The van der Waals surface area contributed by atoms with Gasteiger partial charge in [0.2, 0.25) is 0 Å². The molecule has 0 aliphatic carbocycles. The second-order valence-corrected chi connectivity index (χ2v) is 5.06. The lowest BCUT2D eigenvalue weighted by Gasteiger charge is -2.20. The Labute approximate surface area is 77.3 Å². The summed E-state index contributed by atoms with van der Waals surface area (Å²) in [5.41, 5.74) is 0.591. The van der Waals surface area contributed by atoms with Crippen molar-refractivity contribution < 1.29 is 4.21 Å². The van der Waals surface area contributed by atoms with Crippen molar-refractivity contribution in [2.45, 2.75) is 33.2 Å². The zero-order valence-corrected chi connectivity index (χ0v) is 9.05. The highest BCUT2D eigenvalue weighted by molar-refractivity contribution is 7.87. The van der Waals surface area contributed by atoms with Crippen LogP contribution in [-0.4, -0.2) is 9.75 Å². The second kappa shape index (κ2) is 4.01. The minimum Gasteiger partial charge on any atom is -0.237 e. The standard InChI is InChI=1S/C9H17NOS/c1-7(2)8(3)12(11)10-9(4,5)6/h10H,1,3H2,2,4-6H3. The molecule has 3 heteroatoms. The predicted octanol–water partition coefficient (Wildman–Crippen LogP) is 2.13. The fourth-order valence-corrected chi connectivity index (χ4v) is 1.49. The average molecular weight is 187 g/mol. The molecule has 12 heavy (non-hydrogen) atoms. The first-order valence-electron chi connectivity index (χ1n) is 3.78. The van der Waals surface area contributed by atoms with Gasteiger partial charge in [0.25, 0.3) is 0 Å². The molecule has 0 saturated heterocycles. The number of rotatable bonds is 3. The van der Waals surface area contributed by atoms with Crippen LogP contribution in [0.15, 0.2) is 23.6 Å². The van der Waals surface area contributed by atoms with Crippen LogP contribution in [-0.2, 0) is 11.0 Å². The van der Waals surface area contributed by atoms with Gasteiger partial charge in [0, 0.05) is 10.4 Å². The lowest BCUT2D eigenvalue weighted by molar-refractivity contribution is 0.521. The zero-order valence-electron chi connectivity index (χ0n) is 8.23. The third-order valence-electron chi connectivity index (χ3n) is 1.10. The van der Waals surface area contributed by atoms with E-state index in [1.54, 1.807) is 6.92 Å². The zero-order chi connectivity index (χ0) is 9.94. The second-order valence-electron chi connectivity index (χ2n) is 3.82. The molecule has 0 heterocycles. The fraction of sp³-hybridized carbons (Fsp3) is 0.556. The van der Waals surface area contributed by atoms with E-state index in [0.717, 1.165) is 5.57 Å². The highest BCUT2D eigenvalue weighted by Gasteiger charge is 2.15. The maximum absolute atomic E-state index is 11.4. The van der Waals surface area contributed by atoms with Gasteiger partial charge in [-0.2, -0.15) is 0 Å². The lowest BCUT2D eigenvalue weighted by atomic mass is 10.1. The molecule has 1 unspecified atom stereocenters. The normalized spacial score (nSPS) is 14.0. The molecule has 0 saturated carbocycles. The predicted molar refractivity (Wildman–Crippen MR) is 55.0 cm³/mol. The summed E-state index contributed by atoms with van der Waals surface area (Å²) in [7, 11) is -1.21. The van der Waals surface area contributed by atoms with Crippen LogP contribution in [0.1, 0.15) is 27.7 Å². The maximum atomic E-state index is 11.4. The summed E-state index contributed by atoms with van der Waals surface area (Å²) in [6.07, 6.45) is 0. The first-order valence-corrected chi connectivity index (χ1v) is 4.93. The highest BCUT2D eigenvalue weighted by Crippen LogP contribution is 2.10. The monoisotopic (exact) mass is 187 g/mol. The number of hydrogen-bond donors (Lipinski definition) is 1. The van der Waals surface area contributed by atoms with Gasteiger partial charge in [-0.1, -0.05) is 13.2 Å². The van der Waals surface area contributed by atoms with Gasteiger partial charge in [-0.15, -0.1) is 0 Å². The number of hydrogen-bond acceptors (Lipinski definition) is 1. The Morgan fingerprint density at radius 1 is 1.33 bits per heavy atom. The Bertz CT molecular complexity index is 225. The van der Waals surface area contributed by atoms with Crippen LogP contribution in [0.25, 0.3) is 0 Å². The van der Waals surface area contributed by atoms with E-state index in [9.17, 15) is 4.21 Å². The Morgan fingerprint density at radius 3 is 2.00 bits per heavy atom. The molecule has 1 N–H and O–H groups in total. The molecule has 0 aliphatic rings. The van der Waals surface area contributed by atoms with E-state index in [0.29, 0.717) is 4.91 Å². The van der Waals surface area contributed by atoms with Gasteiger partial charge in [-0.3, -0.25) is 0 Å². The van der Waals surface area contributed by atoms with Gasteiger partial charge in [0.05, 0.1) is 0 Å². The van der Waals surface area contributed by atoms with E-state index < -0.39 is 11.0 Å². The van der Waals surface area contributed by atoms with Crippen LogP contribution < -0.4 is 4.72 Å². The van der Waals surface area contributed by atoms with E-state index in [2.05, 4.69) is 17.9 Å². The topological polar surface area (TPSA) is 29.1 Å². The van der Waals surface area contributed by atoms with Crippen molar-refractivity contribution in [3.63, 3.8) is 0 Å². The summed E-state index contributed by atoms with van der Waals surface area (Å²) in [5.74, 6) is 0. The Morgan fingerprint density at radius 2 is 1.75 bits per heavy atom. The first-order chi connectivity index (χ1) is 5.24. The highest BCUT2D eigenvalue weighted by atomic mass is 32.2. The molecule has 0 fully saturated rings. The summed E-state index contributed by atoms with van der Waals surface area (Å²) in [6.45, 7) is 15.0. The third-order valence-corrected chi connectivity index (χ3v) is 2.69. The van der Waals surface area contributed by atoms with Crippen molar-refractivity contribution >= 4 is 11.0 Å². The first kappa shape index (κ1) is 11.6. The molecule has 0 spiro atoms. The van der Waals surface area contributed by atoms with Crippen molar-refractivity contribution in [2.75, 3.05) is 0 Å². The van der Waals surface area contributed by atoms with Crippen molar-refractivity contribution in [3.05, 3.63) is 23.6 Å². The summed E-state index contributed by atoms with van der Waals surface area (Å²) in [5, 5.41) is 0. The smallest absolute Gasteiger partial charge is 0.125 e. The van der Waals surface area contributed by atoms with Crippen LogP contribution in [0.5, 0.6) is 0 Å². The minimum absolute atomic E-state index is 0.163. The van der Waals surface area contributed by atoms with Gasteiger partial charge in [-0.25, -0.2) is 8.93 Å². The van der Waals surface area contributed by atoms with Crippen molar-refractivity contribution in [3.8, 4) is 0 Å². The van der Waals surface area contributed by atoms with Crippen LogP contribution >= 0.6 is 0 Å². The molecule has 2 nitrogen and oxygen atoms in total. The molecule has 0 rings (SSSR count). The number of nitrogens with one attached hydrogen (secondary N) is 1. The molecule has 70 valence electrons. The molecule has 0 aromatic rings. The van der Waals surface area contributed by atoms with Crippen LogP contribution in [0.2, 0.25) is 0 Å². The summed E-state index contributed by atoms with van der Waals surface area (Å²) in [4.78, 5) is 0.560. The van der Waals surface area contributed by atoms with Crippen molar-refractivity contribution in [2.24, 2.45) is 0 Å². The summed E-state index contributed by atoms with van der Waals surface area (Å²) >= 11 is 0. The van der Waals surface area contributed by atoms with Gasteiger partial charge in [0.1, 0.15) is 11.0 Å². The van der Waals surface area contributed by atoms with E-state index >= 15 is 0 Å². The van der Waals surface area contributed by atoms with Crippen molar-refractivity contribution in [1.82, 2.24) is 4.72 Å². The molecule has 0 aliphatic heterocycles. The molecule has 1 atom stereocenters. The van der Waals surface area contributed by atoms with Crippen molar-refractivity contribution in [1.29, 1.82) is 0 Å². The molecule has 0 aromatic carbocycles. The Hall–Kier alpha value is -0.410. The third kappa shape index (κ3) is 4.46. The van der Waals surface area contributed by atoms with E-state index in [4.69, 9.17) is 0 Å². The number of allylic oxidation sites excluding steroid dienone is 1. The lowest BCUT2D eigenvalue weighted by Crippen LogP contribution is -2.37. The molecule has 0 amide bonds. The van der Waals surface area contributed by atoms with E-state index in [-0.39, 0.29) is 5.54 Å². The SMILES string of the molecule is C=C(C)C(=C)S(=O)NC(C)(C)C. The van der Waals surface area contributed by atoms with Gasteiger partial charge in [0.15, 0.2) is 0 Å². The van der Waals surface area contributed by atoms with Gasteiger partial charge >= 0.3 is 0 Å². The largest absolute Gasteiger partial charge is 0.237 e. The molecular weight excluding hydrogens is 170 g/mol. The van der Waals surface area contributed by atoms with Crippen LogP contribution in [0.3, 0.4) is 0 Å². The van der Waals surface area contributed by atoms with Gasteiger partial charge < -0.3 is 0 Å². The van der Waals surface area contributed by atoms with Gasteiger partial charge in [-0.05, 0) is 33.3 Å². The van der Waals surface area contributed by atoms with Crippen LogP contribution in [0, 0.1) is 0 Å². The van der Waals surface area contributed by atoms with Crippen LogP contribution in [0.4, 0.5) is 0 Å². The maximum Gasteiger partial charge on any atom is 0.125 e. The quantitative estimate of drug-likeness (QED) is 0.674. The summed E-state index contributed by atoms with van der Waals surface area (Å²) in [6, 6.07) is 0. The fourth-order valence-electron chi connectivity index (χ4n) is 0.498. The minimum atomic E-state index is -1.21. The molecule has 0 radical (unpaired) electrons. The molecule has 0 bridgehead atoms. The Balaban J connectivity index is 4.25. The average Bonchev–Trinajstić information content (AvgIpc) is 1.82. The van der Waals surface area contributed by atoms with E-state index in [1.165, 1.54) is 0 Å². The Kier molecular flexibility index (Phi) is 3.87.